The van der Waals surface area contributed by atoms with Crippen LogP contribution in [0.2, 0.25) is 0 Å². The zero-order valence-electron chi connectivity index (χ0n) is 16.9. The van der Waals surface area contributed by atoms with Crippen molar-refractivity contribution in [3.05, 3.63) is 82.5 Å². The monoisotopic (exact) mass is 437 g/mol. The smallest absolute Gasteiger partial charge is 0.262 e. The third kappa shape index (κ3) is 4.36. The summed E-state index contributed by atoms with van der Waals surface area (Å²) >= 11 is 1.15. The number of aromatic nitrogens is 4. The number of hydrogen-bond donors (Lipinski definition) is 1. The maximum Gasteiger partial charge on any atom is 0.262 e. The summed E-state index contributed by atoms with van der Waals surface area (Å²) in [7, 11) is 1.70. The zero-order valence-corrected chi connectivity index (χ0v) is 17.8. The number of nitrogens with one attached hydrogen (secondary N) is 1. The van der Waals surface area contributed by atoms with Crippen LogP contribution in [0.4, 0.5) is 4.39 Å². The van der Waals surface area contributed by atoms with Crippen LogP contribution in [0.1, 0.15) is 18.5 Å². The van der Waals surface area contributed by atoms with Crippen molar-refractivity contribution in [2.24, 2.45) is 0 Å². The van der Waals surface area contributed by atoms with E-state index >= 15 is 0 Å². The minimum atomic E-state index is -0.319. The topological polar surface area (TPSA) is 83.9 Å². The largest absolute Gasteiger partial charge is 0.338 e. The molecule has 0 aliphatic rings. The van der Waals surface area contributed by atoms with Gasteiger partial charge in [0.05, 0.1) is 23.7 Å². The summed E-state index contributed by atoms with van der Waals surface area (Å²) in [6.07, 6.45) is 1.48. The molecule has 0 aliphatic carbocycles. The molecular weight excluding hydrogens is 417 g/mol. The molecule has 9 heteroatoms. The summed E-state index contributed by atoms with van der Waals surface area (Å²) < 4.78 is 14.7. The van der Waals surface area contributed by atoms with Crippen LogP contribution in [-0.4, -0.2) is 43.4 Å². The first-order valence-electron chi connectivity index (χ1n) is 9.61. The van der Waals surface area contributed by atoms with Gasteiger partial charge in [-0.1, -0.05) is 42.1 Å². The van der Waals surface area contributed by atoms with Gasteiger partial charge in [0.15, 0.2) is 10.8 Å². The number of fused-ring (bicyclic) bond motifs is 1. The van der Waals surface area contributed by atoms with E-state index in [1.165, 1.54) is 18.3 Å². The first kappa shape index (κ1) is 20.8. The molecule has 1 N–H and O–H groups in total. The number of thioether (sulfide) groups is 1. The first-order chi connectivity index (χ1) is 14.9. The van der Waals surface area contributed by atoms with Gasteiger partial charge in [0.1, 0.15) is 11.2 Å². The molecule has 31 heavy (non-hydrogen) atoms. The number of hydrogen-bond acceptors (Lipinski definition) is 5. The Morgan fingerprint density at radius 3 is 2.61 bits per heavy atom. The Balaban J connectivity index is 1.51. The number of H-pyrrole nitrogens is 1. The van der Waals surface area contributed by atoms with Gasteiger partial charge < -0.3 is 9.88 Å². The van der Waals surface area contributed by atoms with Gasteiger partial charge in [0.25, 0.3) is 5.56 Å². The van der Waals surface area contributed by atoms with Crippen molar-refractivity contribution >= 4 is 28.7 Å². The fraction of sp³-hybridized carbons (Fsp3) is 0.182. The summed E-state index contributed by atoms with van der Waals surface area (Å²) in [6.45, 7) is 1.88. The van der Waals surface area contributed by atoms with E-state index in [0.29, 0.717) is 16.2 Å². The number of para-hydroxylation sites is 1. The highest BCUT2D eigenvalue weighted by Crippen LogP contribution is 2.22. The lowest BCUT2D eigenvalue weighted by molar-refractivity contribution is -0.128. The van der Waals surface area contributed by atoms with E-state index in [0.717, 1.165) is 23.0 Å². The Bertz CT molecular complexity index is 1270. The van der Waals surface area contributed by atoms with Crippen LogP contribution < -0.4 is 5.56 Å². The minimum Gasteiger partial charge on any atom is -0.338 e. The molecular formula is C22H20FN5O2S. The molecule has 0 spiro atoms. The van der Waals surface area contributed by atoms with Gasteiger partial charge in [0.2, 0.25) is 5.91 Å². The molecule has 1 amide bonds. The molecule has 0 fully saturated rings. The number of nitrogens with zero attached hydrogens (tertiary/aromatic N) is 4. The fourth-order valence-electron chi connectivity index (χ4n) is 3.14. The standard InChI is InChI=1S/C22H20FN5O2S/c1-14(15-8-10-16(23)11-9-15)27(2)19(29)13-31-22-25-20-18(21(30)26-22)12-24-28(20)17-6-4-3-5-7-17/h3-12,14H,13H2,1-2H3,(H,25,26,30). The number of carbonyl (C=O) groups is 1. The second-order valence-electron chi connectivity index (χ2n) is 7.02. The van der Waals surface area contributed by atoms with Crippen molar-refractivity contribution in [3.63, 3.8) is 0 Å². The predicted octanol–water partition coefficient (Wildman–Crippen LogP) is 3.56. The number of benzene rings is 2. The van der Waals surface area contributed by atoms with Crippen molar-refractivity contribution in [2.45, 2.75) is 18.1 Å². The van der Waals surface area contributed by atoms with Crippen molar-refractivity contribution in [1.29, 1.82) is 0 Å². The Hall–Kier alpha value is -3.46. The lowest BCUT2D eigenvalue weighted by Crippen LogP contribution is -2.31. The lowest BCUT2D eigenvalue weighted by atomic mass is 10.1. The molecule has 0 radical (unpaired) electrons. The van der Waals surface area contributed by atoms with Gasteiger partial charge in [-0.25, -0.2) is 14.1 Å². The number of carbonyl (C=O) groups excluding carboxylic acids is 1. The van der Waals surface area contributed by atoms with E-state index in [9.17, 15) is 14.0 Å². The van der Waals surface area contributed by atoms with Crippen molar-refractivity contribution in [3.8, 4) is 5.69 Å². The van der Waals surface area contributed by atoms with E-state index in [1.807, 2.05) is 37.3 Å². The molecule has 0 bridgehead atoms. The van der Waals surface area contributed by atoms with Crippen molar-refractivity contribution < 1.29 is 9.18 Å². The molecule has 4 aromatic rings. The van der Waals surface area contributed by atoms with Crippen LogP contribution in [0.25, 0.3) is 16.7 Å². The molecule has 2 aromatic heterocycles. The summed E-state index contributed by atoms with van der Waals surface area (Å²) in [6, 6.07) is 15.2. The Labute approximate surface area is 181 Å². The summed E-state index contributed by atoms with van der Waals surface area (Å²) in [5.41, 5.74) is 1.74. The fourth-order valence-corrected chi connectivity index (χ4v) is 3.92. The second-order valence-corrected chi connectivity index (χ2v) is 7.99. The Kier molecular flexibility index (Phi) is 5.85. The van der Waals surface area contributed by atoms with Crippen LogP contribution >= 0.6 is 11.8 Å². The van der Waals surface area contributed by atoms with Crippen LogP contribution in [0.15, 0.2) is 70.7 Å². The maximum atomic E-state index is 13.1. The molecule has 0 saturated carbocycles. The van der Waals surface area contributed by atoms with Gasteiger partial charge >= 0.3 is 0 Å². The average Bonchev–Trinajstić information content (AvgIpc) is 3.22. The number of halogens is 1. The number of aromatic amines is 1. The van der Waals surface area contributed by atoms with Gasteiger partial charge in [0, 0.05) is 7.05 Å². The molecule has 4 rings (SSSR count). The second kappa shape index (κ2) is 8.73. The molecule has 2 heterocycles. The third-order valence-corrected chi connectivity index (χ3v) is 5.93. The van der Waals surface area contributed by atoms with Gasteiger partial charge in [-0.05, 0) is 36.8 Å². The summed E-state index contributed by atoms with van der Waals surface area (Å²) in [4.78, 5) is 33.9. The Morgan fingerprint density at radius 1 is 1.19 bits per heavy atom. The van der Waals surface area contributed by atoms with Crippen LogP contribution in [-0.2, 0) is 4.79 Å². The highest BCUT2D eigenvalue weighted by atomic mass is 32.2. The van der Waals surface area contributed by atoms with Crippen LogP contribution in [0.5, 0.6) is 0 Å². The Morgan fingerprint density at radius 2 is 1.90 bits per heavy atom. The highest BCUT2D eigenvalue weighted by molar-refractivity contribution is 7.99. The molecule has 0 saturated heterocycles. The highest BCUT2D eigenvalue weighted by Gasteiger charge is 2.19. The van der Waals surface area contributed by atoms with E-state index in [1.54, 1.807) is 28.8 Å². The quantitative estimate of drug-likeness (QED) is 0.368. The lowest BCUT2D eigenvalue weighted by Gasteiger charge is -2.25. The van der Waals surface area contributed by atoms with Crippen molar-refractivity contribution in [1.82, 2.24) is 24.6 Å². The third-order valence-electron chi connectivity index (χ3n) is 5.08. The summed E-state index contributed by atoms with van der Waals surface area (Å²) in [5, 5.41) is 4.99. The molecule has 1 unspecified atom stereocenters. The van der Waals surface area contributed by atoms with Crippen molar-refractivity contribution in [2.75, 3.05) is 12.8 Å². The van der Waals surface area contributed by atoms with E-state index in [4.69, 9.17) is 0 Å². The SMILES string of the molecule is CC(c1ccc(F)cc1)N(C)C(=O)CSc1nc2c(cnn2-c2ccccc2)c(=O)[nH]1. The number of amides is 1. The first-order valence-corrected chi connectivity index (χ1v) is 10.6. The molecule has 2 aromatic carbocycles. The zero-order chi connectivity index (χ0) is 22.0. The maximum absolute atomic E-state index is 13.1. The van der Waals surface area contributed by atoms with Crippen LogP contribution in [0.3, 0.4) is 0 Å². The van der Waals surface area contributed by atoms with Gasteiger partial charge in [-0.15, -0.1) is 0 Å². The number of rotatable bonds is 6. The van der Waals surface area contributed by atoms with Crippen LogP contribution in [0, 0.1) is 5.82 Å². The molecule has 1 atom stereocenters. The average molecular weight is 438 g/mol. The van der Waals surface area contributed by atoms with E-state index in [-0.39, 0.29) is 29.1 Å². The van der Waals surface area contributed by atoms with Gasteiger partial charge in [-0.3, -0.25) is 9.59 Å². The summed E-state index contributed by atoms with van der Waals surface area (Å²) in [5.74, 6) is -0.363. The van der Waals surface area contributed by atoms with E-state index < -0.39 is 0 Å². The van der Waals surface area contributed by atoms with E-state index in [2.05, 4.69) is 15.1 Å². The molecule has 158 valence electrons. The molecule has 7 nitrogen and oxygen atoms in total. The predicted molar refractivity (Wildman–Crippen MR) is 118 cm³/mol. The minimum absolute atomic E-state index is 0.0932. The normalized spacial score (nSPS) is 12.1. The molecule has 0 aliphatic heterocycles. The van der Waals surface area contributed by atoms with Gasteiger partial charge in [-0.2, -0.15) is 5.10 Å².